The van der Waals surface area contributed by atoms with Gasteiger partial charge in [-0.05, 0) is 63.0 Å². The Balaban J connectivity index is 1.72. The van der Waals surface area contributed by atoms with Crippen LogP contribution >= 0.6 is 0 Å². The van der Waals surface area contributed by atoms with Crippen LogP contribution in [-0.4, -0.2) is 28.4 Å². The van der Waals surface area contributed by atoms with Gasteiger partial charge >= 0.3 is 7.48 Å². The van der Waals surface area contributed by atoms with E-state index in [0.717, 1.165) is 16.7 Å². The summed E-state index contributed by atoms with van der Waals surface area (Å²) in [4.78, 5) is 0. The maximum Gasteiger partial charge on any atom is 0.331 e. The standard InChI is InChI=1S/C28H29BNO2/c1-27(2,31)28(3,4)32-29-22-15-10-16-23-26(22)25-21-14-9-8-11-19(21)17-18-24(25)30(23)20-12-6-5-7-13-20/h5-19,21,31H,1-4H3. The Labute approximate surface area is 191 Å². The summed E-state index contributed by atoms with van der Waals surface area (Å²) in [5, 5.41) is 11.8. The molecule has 0 saturated heterocycles. The normalized spacial score (nSPS) is 19.8. The Morgan fingerprint density at radius 1 is 0.906 bits per heavy atom. The van der Waals surface area contributed by atoms with E-state index in [2.05, 4.69) is 83.5 Å². The number of hydrogen-bond acceptors (Lipinski definition) is 2. The summed E-state index contributed by atoms with van der Waals surface area (Å²) in [6, 6.07) is 16.9. The van der Waals surface area contributed by atoms with Crippen molar-refractivity contribution in [2.75, 3.05) is 0 Å². The van der Waals surface area contributed by atoms with Gasteiger partial charge in [0, 0.05) is 22.9 Å². The molecule has 0 saturated carbocycles. The van der Waals surface area contributed by atoms with Gasteiger partial charge in [0.25, 0.3) is 0 Å². The third kappa shape index (κ3) is 3.39. The summed E-state index contributed by atoms with van der Waals surface area (Å²) in [7, 11) is 1.83. The van der Waals surface area contributed by atoms with Crippen molar-refractivity contribution < 1.29 is 9.76 Å². The third-order valence-electron chi connectivity index (χ3n) is 7.06. The largest absolute Gasteiger partial charge is 0.427 e. The highest BCUT2D eigenvalue weighted by atomic mass is 16.5. The van der Waals surface area contributed by atoms with Crippen LogP contribution in [0.15, 0.2) is 78.9 Å². The summed E-state index contributed by atoms with van der Waals surface area (Å²) in [6.07, 6.45) is 13.4. The zero-order chi connectivity index (χ0) is 22.5. The lowest BCUT2D eigenvalue weighted by atomic mass is 9.74. The van der Waals surface area contributed by atoms with E-state index in [0.29, 0.717) is 5.92 Å². The van der Waals surface area contributed by atoms with Gasteiger partial charge in [0.2, 0.25) is 0 Å². The SMILES string of the molecule is CC(C)(O)C(C)(C)O[B]c1cccc2c1c1c(n2-c2ccccc2)C=CC2C=CC=CC12. The van der Waals surface area contributed by atoms with Gasteiger partial charge in [-0.25, -0.2) is 0 Å². The van der Waals surface area contributed by atoms with Crippen molar-refractivity contribution in [2.24, 2.45) is 5.92 Å². The fourth-order valence-corrected chi connectivity index (χ4v) is 4.52. The number of benzene rings is 2. The first kappa shape index (κ1) is 21.1. The molecule has 0 aliphatic heterocycles. The van der Waals surface area contributed by atoms with Crippen LogP contribution in [0.4, 0.5) is 0 Å². The van der Waals surface area contributed by atoms with Crippen molar-refractivity contribution in [3.8, 4) is 5.69 Å². The van der Waals surface area contributed by atoms with Gasteiger partial charge in [-0.2, -0.15) is 0 Å². The summed E-state index contributed by atoms with van der Waals surface area (Å²) in [5.41, 5.74) is 4.18. The van der Waals surface area contributed by atoms with E-state index in [1.165, 1.54) is 16.6 Å². The van der Waals surface area contributed by atoms with E-state index in [-0.39, 0.29) is 5.92 Å². The molecular weight excluding hydrogens is 393 g/mol. The second kappa shape index (κ2) is 7.65. The molecule has 3 aromatic rings. The molecule has 2 atom stereocenters. The topological polar surface area (TPSA) is 34.4 Å². The first-order valence-electron chi connectivity index (χ1n) is 11.3. The minimum absolute atomic E-state index is 0.282. The highest BCUT2D eigenvalue weighted by Crippen LogP contribution is 2.43. The monoisotopic (exact) mass is 422 g/mol. The fourth-order valence-electron chi connectivity index (χ4n) is 4.52. The lowest BCUT2D eigenvalue weighted by molar-refractivity contribution is -0.0893. The van der Waals surface area contributed by atoms with Gasteiger partial charge in [-0.3, -0.25) is 0 Å². The number of aromatic nitrogens is 1. The number of aliphatic hydroxyl groups is 1. The molecule has 4 heteroatoms. The van der Waals surface area contributed by atoms with Crippen molar-refractivity contribution in [3.63, 3.8) is 0 Å². The molecule has 0 spiro atoms. The summed E-state index contributed by atoms with van der Waals surface area (Å²) in [6.45, 7) is 7.40. The molecule has 1 aromatic heterocycles. The third-order valence-corrected chi connectivity index (χ3v) is 7.06. The van der Waals surface area contributed by atoms with Crippen LogP contribution in [0, 0.1) is 5.92 Å². The molecule has 2 unspecified atom stereocenters. The first-order valence-corrected chi connectivity index (χ1v) is 11.3. The average Bonchev–Trinajstić information content (AvgIpc) is 3.13. The Kier molecular flexibility index (Phi) is 5.03. The Morgan fingerprint density at radius 3 is 2.41 bits per heavy atom. The minimum Gasteiger partial charge on any atom is -0.427 e. The molecule has 161 valence electrons. The van der Waals surface area contributed by atoms with Gasteiger partial charge in [0.05, 0.1) is 22.4 Å². The van der Waals surface area contributed by atoms with E-state index in [1.54, 1.807) is 13.8 Å². The zero-order valence-electron chi connectivity index (χ0n) is 19.1. The molecule has 0 fully saturated rings. The van der Waals surface area contributed by atoms with E-state index >= 15 is 0 Å². The van der Waals surface area contributed by atoms with Gasteiger partial charge in [0.1, 0.15) is 0 Å². The molecule has 32 heavy (non-hydrogen) atoms. The number of fused-ring (bicyclic) bond motifs is 5. The zero-order valence-corrected chi connectivity index (χ0v) is 19.1. The van der Waals surface area contributed by atoms with Gasteiger partial charge in [-0.1, -0.05) is 60.7 Å². The molecule has 1 radical (unpaired) electrons. The molecular formula is C28H29BNO2. The van der Waals surface area contributed by atoms with Crippen molar-refractivity contribution >= 4 is 29.9 Å². The number of nitrogens with zero attached hydrogens (tertiary/aromatic N) is 1. The maximum absolute atomic E-state index is 10.6. The second-order valence-corrected chi connectivity index (χ2v) is 9.75. The molecule has 2 aliphatic carbocycles. The summed E-state index contributed by atoms with van der Waals surface area (Å²) >= 11 is 0. The molecule has 2 aromatic carbocycles. The molecule has 1 N–H and O–H groups in total. The fraction of sp³-hybridized carbons (Fsp3) is 0.286. The highest BCUT2D eigenvalue weighted by molar-refractivity contribution is 6.51. The highest BCUT2D eigenvalue weighted by Gasteiger charge is 2.37. The van der Waals surface area contributed by atoms with E-state index in [1.807, 2.05) is 27.4 Å². The molecule has 1 heterocycles. The Bertz CT molecular complexity index is 1240. The van der Waals surface area contributed by atoms with Gasteiger partial charge < -0.3 is 14.3 Å². The number of hydrogen-bond donors (Lipinski definition) is 1. The van der Waals surface area contributed by atoms with Crippen molar-refractivity contribution in [1.82, 2.24) is 4.57 Å². The molecule has 2 aliphatic rings. The molecule has 3 nitrogen and oxygen atoms in total. The van der Waals surface area contributed by atoms with Crippen molar-refractivity contribution in [3.05, 3.63) is 90.2 Å². The summed E-state index contributed by atoms with van der Waals surface area (Å²) < 4.78 is 8.55. The van der Waals surface area contributed by atoms with Crippen LogP contribution in [0.5, 0.6) is 0 Å². The predicted molar refractivity (Wildman–Crippen MR) is 134 cm³/mol. The average molecular weight is 422 g/mol. The van der Waals surface area contributed by atoms with Gasteiger partial charge in [0.15, 0.2) is 0 Å². The van der Waals surface area contributed by atoms with E-state index in [4.69, 9.17) is 4.65 Å². The van der Waals surface area contributed by atoms with E-state index in [9.17, 15) is 5.11 Å². The number of para-hydroxylation sites is 1. The van der Waals surface area contributed by atoms with E-state index < -0.39 is 11.2 Å². The summed E-state index contributed by atoms with van der Waals surface area (Å²) in [5.74, 6) is 0.633. The Morgan fingerprint density at radius 2 is 1.66 bits per heavy atom. The maximum atomic E-state index is 10.6. The number of allylic oxidation sites excluding steroid dienone is 5. The smallest absolute Gasteiger partial charge is 0.331 e. The van der Waals surface area contributed by atoms with Crippen LogP contribution < -0.4 is 5.46 Å². The lowest BCUT2D eigenvalue weighted by Gasteiger charge is -2.37. The van der Waals surface area contributed by atoms with Crippen LogP contribution in [-0.2, 0) is 4.65 Å². The molecule has 0 bridgehead atoms. The van der Waals surface area contributed by atoms with Crippen LogP contribution in [0.1, 0.15) is 44.9 Å². The molecule has 5 rings (SSSR count). The van der Waals surface area contributed by atoms with Gasteiger partial charge in [-0.15, -0.1) is 0 Å². The quantitative estimate of drug-likeness (QED) is 0.567. The minimum atomic E-state index is -0.975. The van der Waals surface area contributed by atoms with Crippen molar-refractivity contribution in [2.45, 2.75) is 44.8 Å². The molecule has 0 amide bonds. The predicted octanol–water partition coefficient (Wildman–Crippen LogP) is 5.29. The van der Waals surface area contributed by atoms with Crippen LogP contribution in [0.2, 0.25) is 0 Å². The first-order chi connectivity index (χ1) is 15.3. The second-order valence-electron chi connectivity index (χ2n) is 9.75. The van der Waals surface area contributed by atoms with Crippen LogP contribution in [0.25, 0.3) is 22.7 Å². The Hall–Kier alpha value is -2.82. The van der Waals surface area contributed by atoms with Crippen LogP contribution in [0.3, 0.4) is 0 Å². The lowest BCUT2D eigenvalue weighted by Crippen LogP contribution is -2.49. The number of rotatable bonds is 5. The van der Waals surface area contributed by atoms with Crippen molar-refractivity contribution in [1.29, 1.82) is 0 Å².